The number of hydrogen-bond acceptors (Lipinski definition) is 8. The molecule has 3 aromatic heterocycles. The molecule has 0 radical (unpaired) electrons. The third-order valence-electron chi connectivity index (χ3n) is 5.62. The van der Waals surface area contributed by atoms with Crippen molar-refractivity contribution in [3.63, 3.8) is 0 Å². The standard InChI is InChI=1S/C20H25N5O2S/c1-15-17(28-14-22-15)13-25-9-5-20(6-10-25,7-11-26-2)19-23-18(27-24-19)16-4-3-8-21-12-16/h3-4,8,12,14H,5-7,9-11,13H2,1-2H3. The normalized spacial score (nSPS) is 17.1. The molecule has 148 valence electrons. The number of rotatable bonds is 7. The van der Waals surface area contributed by atoms with Crippen molar-refractivity contribution in [2.75, 3.05) is 26.8 Å². The fourth-order valence-corrected chi connectivity index (χ4v) is 4.57. The first-order valence-corrected chi connectivity index (χ1v) is 10.4. The molecule has 4 heterocycles. The highest BCUT2D eigenvalue weighted by molar-refractivity contribution is 7.09. The second-order valence-corrected chi connectivity index (χ2v) is 8.26. The number of aromatic nitrogens is 4. The molecular formula is C20H25N5O2S. The van der Waals surface area contributed by atoms with E-state index in [2.05, 4.69) is 26.9 Å². The molecule has 0 saturated carbocycles. The Balaban J connectivity index is 1.50. The number of nitrogens with zero attached hydrogens (tertiary/aromatic N) is 5. The van der Waals surface area contributed by atoms with Gasteiger partial charge in [-0.1, -0.05) is 5.16 Å². The summed E-state index contributed by atoms with van der Waals surface area (Å²) in [6.45, 7) is 5.72. The zero-order valence-corrected chi connectivity index (χ0v) is 17.1. The van der Waals surface area contributed by atoms with E-state index in [0.717, 1.165) is 56.0 Å². The van der Waals surface area contributed by atoms with Crippen LogP contribution in [0, 0.1) is 6.92 Å². The molecule has 0 aliphatic carbocycles. The SMILES string of the molecule is COCCC1(c2noc(-c3cccnc3)n2)CCN(Cc2scnc2C)CC1. The first-order chi connectivity index (χ1) is 13.7. The predicted molar refractivity (Wildman–Crippen MR) is 107 cm³/mol. The predicted octanol–water partition coefficient (Wildman–Crippen LogP) is 3.47. The lowest BCUT2D eigenvalue weighted by atomic mass is 9.75. The maximum Gasteiger partial charge on any atom is 0.259 e. The van der Waals surface area contributed by atoms with Gasteiger partial charge in [0.2, 0.25) is 0 Å². The Bertz CT molecular complexity index is 887. The van der Waals surface area contributed by atoms with Crippen LogP contribution in [-0.2, 0) is 16.7 Å². The van der Waals surface area contributed by atoms with Crippen molar-refractivity contribution in [3.8, 4) is 11.5 Å². The minimum absolute atomic E-state index is 0.112. The lowest BCUT2D eigenvalue weighted by Gasteiger charge is -2.39. The molecule has 0 amide bonds. The zero-order valence-electron chi connectivity index (χ0n) is 16.3. The Hall–Kier alpha value is -2.16. The lowest BCUT2D eigenvalue weighted by molar-refractivity contribution is 0.103. The fourth-order valence-electron chi connectivity index (χ4n) is 3.75. The van der Waals surface area contributed by atoms with Gasteiger partial charge in [-0.25, -0.2) is 4.98 Å². The van der Waals surface area contributed by atoms with E-state index in [-0.39, 0.29) is 5.41 Å². The third kappa shape index (κ3) is 3.99. The van der Waals surface area contributed by atoms with Crippen molar-refractivity contribution in [2.24, 2.45) is 0 Å². The van der Waals surface area contributed by atoms with Gasteiger partial charge in [0, 0.05) is 42.9 Å². The van der Waals surface area contributed by atoms with Crippen molar-refractivity contribution in [3.05, 3.63) is 46.4 Å². The second kappa shape index (κ2) is 8.46. The van der Waals surface area contributed by atoms with E-state index < -0.39 is 0 Å². The molecule has 0 spiro atoms. The van der Waals surface area contributed by atoms with Gasteiger partial charge in [-0.05, 0) is 51.4 Å². The van der Waals surface area contributed by atoms with Crippen LogP contribution in [0.4, 0.5) is 0 Å². The van der Waals surface area contributed by atoms with Crippen molar-refractivity contribution in [1.82, 2.24) is 25.0 Å². The number of likely N-dealkylation sites (tertiary alicyclic amines) is 1. The average Bonchev–Trinajstić information content (AvgIpc) is 3.39. The molecule has 7 nitrogen and oxygen atoms in total. The minimum Gasteiger partial charge on any atom is -0.385 e. The van der Waals surface area contributed by atoms with Crippen LogP contribution in [0.5, 0.6) is 0 Å². The van der Waals surface area contributed by atoms with Crippen molar-refractivity contribution >= 4 is 11.3 Å². The maximum atomic E-state index is 5.57. The maximum absolute atomic E-state index is 5.57. The van der Waals surface area contributed by atoms with Gasteiger partial charge in [0.05, 0.1) is 16.8 Å². The first kappa shape index (κ1) is 19.2. The molecular weight excluding hydrogens is 374 g/mol. The van der Waals surface area contributed by atoms with Crippen molar-refractivity contribution in [2.45, 2.75) is 38.1 Å². The zero-order chi connectivity index (χ0) is 19.4. The number of ether oxygens (including phenoxy) is 1. The average molecular weight is 400 g/mol. The summed E-state index contributed by atoms with van der Waals surface area (Å²) in [5, 5.41) is 4.36. The van der Waals surface area contributed by atoms with Gasteiger partial charge in [-0.15, -0.1) is 11.3 Å². The molecule has 0 aromatic carbocycles. The molecule has 28 heavy (non-hydrogen) atoms. The number of piperidine rings is 1. The summed E-state index contributed by atoms with van der Waals surface area (Å²) in [4.78, 5) is 17.1. The Labute approximate surface area is 168 Å². The van der Waals surface area contributed by atoms with Crippen LogP contribution in [-0.4, -0.2) is 51.8 Å². The van der Waals surface area contributed by atoms with Gasteiger partial charge in [-0.3, -0.25) is 9.88 Å². The van der Waals surface area contributed by atoms with Crippen molar-refractivity contribution < 1.29 is 9.26 Å². The van der Waals surface area contributed by atoms with Gasteiger partial charge >= 0.3 is 0 Å². The fraction of sp³-hybridized carbons (Fsp3) is 0.500. The second-order valence-electron chi connectivity index (χ2n) is 7.33. The third-order valence-corrected chi connectivity index (χ3v) is 6.54. The van der Waals surface area contributed by atoms with Crippen LogP contribution >= 0.6 is 11.3 Å². The van der Waals surface area contributed by atoms with Crippen LogP contribution < -0.4 is 0 Å². The van der Waals surface area contributed by atoms with Gasteiger partial charge < -0.3 is 9.26 Å². The molecule has 1 aliphatic rings. The number of thiazole rings is 1. The lowest BCUT2D eigenvalue weighted by Crippen LogP contribution is -2.43. The van der Waals surface area contributed by atoms with E-state index in [0.29, 0.717) is 12.5 Å². The largest absolute Gasteiger partial charge is 0.385 e. The highest BCUT2D eigenvalue weighted by Gasteiger charge is 2.40. The summed E-state index contributed by atoms with van der Waals surface area (Å²) >= 11 is 1.74. The Kier molecular flexibility index (Phi) is 5.79. The van der Waals surface area contributed by atoms with E-state index in [1.807, 2.05) is 17.6 Å². The van der Waals surface area contributed by atoms with E-state index in [1.165, 1.54) is 4.88 Å². The van der Waals surface area contributed by atoms with Gasteiger partial charge in [-0.2, -0.15) is 4.98 Å². The summed E-state index contributed by atoms with van der Waals surface area (Å²) in [6, 6.07) is 3.81. The molecule has 0 unspecified atom stereocenters. The summed E-state index contributed by atoms with van der Waals surface area (Å²) < 4.78 is 11.0. The van der Waals surface area contributed by atoms with E-state index >= 15 is 0 Å². The first-order valence-electron chi connectivity index (χ1n) is 9.55. The topological polar surface area (TPSA) is 77.2 Å². The number of methoxy groups -OCH3 is 1. The van der Waals surface area contributed by atoms with Gasteiger partial charge in [0.15, 0.2) is 5.82 Å². The molecule has 1 fully saturated rings. The smallest absolute Gasteiger partial charge is 0.259 e. The van der Waals surface area contributed by atoms with E-state index in [9.17, 15) is 0 Å². The van der Waals surface area contributed by atoms with Crippen LogP contribution in [0.2, 0.25) is 0 Å². The molecule has 1 saturated heterocycles. The Morgan fingerprint density at radius 2 is 2.18 bits per heavy atom. The minimum atomic E-state index is -0.112. The summed E-state index contributed by atoms with van der Waals surface area (Å²) in [5.41, 5.74) is 3.80. The van der Waals surface area contributed by atoms with Gasteiger partial charge in [0.25, 0.3) is 5.89 Å². The molecule has 0 N–H and O–H groups in total. The summed E-state index contributed by atoms with van der Waals surface area (Å²) in [7, 11) is 1.74. The van der Waals surface area contributed by atoms with E-state index in [1.54, 1.807) is 30.8 Å². The molecule has 8 heteroatoms. The number of hydrogen-bond donors (Lipinski definition) is 0. The van der Waals surface area contributed by atoms with Crippen molar-refractivity contribution in [1.29, 1.82) is 0 Å². The van der Waals surface area contributed by atoms with Crippen LogP contribution in [0.15, 0.2) is 34.6 Å². The monoisotopic (exact) mass is 399 g/mol. The molecule has 0 bridgehead atoms. The molecule has 1 aliphatic heterocycles. The highest BCUT2D eigenvalue weighted by Crippen LogP contribution is 2.38. The van der Waals surface area contributed by atoms with Gasteiger partial charge in [0.1, 0.15) is 0 Å². The molecule has 4 rings (SSSR count). The van der Waals surface area contributed by atoms with E-state index in [4.69, 9.17) is 14.2 Å². The quantitative estimate of drug-likeness (QED) is 0.602. The highest BCUT2D eigenvalue weighted by atomic mass is 32.1. The van der Waals surface area contributed by atoms with Crippen LogP contribution in [0.1, 0.15) is 35.7 Å². The number of pyridine rings is 1. The Morgan fingerprint density at radius 3 is 2.86 bits per heavy atom. The summed E-state index contributed by atoms with van der Waals surface area (Å²) in [5.74, 6) is 1.32. The Morgan fingerprint density at radius 1 is 1.32 bits per heavy atom. The number of aryl methyl sites for hydroxylation is 1. The molecule has 3 aromatic rings. The van der Waals surface area contributed by atoms with Crippen LogP contribution in [0.3, 0.4) is 0 Å². The van der Waals surface area contributed by atoms with Crippen LogP contribution in [0.25, 0.3) is 11.5 Å². The molecule has 0 atom stereocenters. The summed E-state index contributed by atoms with van der Waals surface area (Å²) in [6.07, 6.45) is 6.35.